The van der Waals surface area contributed by atoms with E-state index in [4.69, 9.17) is 5.26 Å². The molecule has 2 aromatic heterocycles. The number of nitriles is 1. The zero-order valence-electron chi connectivity index (χ0n) is 12.4. The van der Waals surface area contributed by atoms with Crippen LogP contribution in [-0.4, -0.2) is 14.8 Å². The van der Waals surface area contributed by atoms with E-state index in [1.807, 2.05) is 16.7 Å². The van der Waals surface area contributed by atoms with Crippen LogP contribution in [0, 0.1) is 11.3 Å². The smallest absolute Gasteiger partial charge is 0.337 e. The summed E-state index contributed by atoms with van der Waals surface area (Å²) in [5.74, 6) is 0. The van der Waals surface area contributed by atoms with Gasteiger partial charge in [0.05, 0.1) is 29.0 Å². The predicted octanol–water partition coefficient (Wildman–Crippen LogP) is 4.32. The molecule has 7 heteroatoms. The first kappa shape index (κ1) is 14.7. The van der Waals surface area contributed by atoms with Crippen LogP contribution in [-0.2, 0) is 6.18 Å². The first-order chi connectivity index (χ1) is 11.5. The Morgan fingerprint density at radius 1 is 1.17 bits per heavy atom. The van der Waals surface area contributed by atoms with E-state index in [1.54, 1.807) is 12.1 Å². The third-order valence-electron chi connectivity index (χ3n) is 4.12. The summed E-state index contributed by atoms with van der Waals surface area (Å²) in [6.45, 7) is 0. The second-order valence-electron chi connectivity index (χ2n) is 5.84. The SMILES string of the molecule is N#Cc1ccc2cc(-c3cnnc(C(F)(F)F)c3)n(C3CC3)c2c1. The molecule has 0 saturated heterocycles. The zero-order valence-corrected chi connectivity index (χ0v) is 12.4. The van der Waals surface area contributed by atoms with Crippen molar-refractivity contribution in [2.24, 2.45) is 0 Å². The van der Waals surface area contributed by atoms with Crippen molar-refractivity contribution in [2.75, 3.05) is 0 Å². The maximum atomic E-state index is 12.9. The largest absolute Gasteiger partial charge is 0.435 e. The summed E-state index contributed by atoms with van der Waals surface area (Å²) in [6, 6.07) is 10.5. The lowest BCUT2D eigenvalue weighted by Gasteiger charge is -2.11. The van der Waals surface area contributed by atoms with Gasteiger partial charge in [0, 0.05) is 17.0 Å². The fraction of sp³-hybridized carbons (Fsp3) is 0.235. The van der Waals surface area contributed by atoms with Gasteiger partial charge in [-0.3, -0.25) is 0 Å². The minimum absolute atomic E-state index is 0.244. The molecule has 4 nitrogen and oxygen atoms in total. The van der Waals surface area contributed by atoms with Gasteiger partial charge in [0.25, 0.3) is 0 Å². The van der Waals surface area contributed by atoms with Crippen LogP contribution in [0.2, 0.25) is 0 Å². The zero-order chi connectivity index (χ0) is 16.9. The highest BCUT2D eigenvalue weighted by Crippen LogP contribution is 2.43. The van der Waals surface area contributed by atoms with Crippen molar-refractivity contribution in [3.05, 3.63) is 47.8 Å². The van der Waals surface area contributed by atoms with Crippen LogP contribution in [0.1, 0.15) is 30.1 Å². The normalized spacial score (nSPS) is 14.8. The van der Waals surface area contributed by atoms with Crippen LogP contribution in [0.25, 0.3) is 22.2 Å². The van der Waals surface area contributed by atoms with Gasteiger partial charge in [-0.25, -0.2) is 0 Å². The van der Waals surface area contributed by atoms with Gasteiger partial charge < -0.3 is 4.57 Å². The van der Waals surface area contributed by atoms with Crippen molar-refractivity contribution in [1.82, 2.24) is 14.8 Å². The fourth-order valence-corrected chi connectivity index (χ4v) is 2.88. The molecule has 0 amide bonds. The summed E-state index contributed by atoms with van der Waals surface area (Å²) >= 11 is 0. The third-order valence-corrected chi connectivity index (χ3v) is 4.12. The lowest BCUT2D eigenvalue weighted by Crippen LogP contribution is -2.09. The topological polar surface area (TPSA) is 54.5 Å². The van der Waals surface area contributed by atoms with Gasteiger partial charge in [-0.05, 0) is 37.1 Å². The Hall–Kier alpha value is -2.88. The van der Waals surface area contributed by atoms with E-state index in [0.717, 1.165) is 29.8 Å². The van der Waals surface area contributed by atoms with Gasteiger partial charge in [-0.1, -0.05) is 6.07 Å². The van der Waals surface area contributed by atoms with E-state index in [9.17, 15) is 13.2 Å². The third kappa shape index (κ3) is 2.40. The van der Waals surface area contributed by atoms with Gasteiger partial charge >= 0.3 is 6.18 Å². The van der Waals surface area contributed by atoms with Crippen molar-refractivity contribution >= 4 is 10.9 Å². The molecule has 0 unspecified atom stereocenters. The van der Waals surface area contributed by atoms with Crippen LogP contribution in [0.5, 0.6) is 0 Å². The van der Waals surface area contributed by atoms with Crippen molar-refractivity contribution in [1.29, 1.82) is 5.26 Å². The molecule has 0 atom stereocenters. The van der Waals surface area contributed by atoms with Gasteiger partial charge in [0.2, 0.25) is 0 Å². The Balaban J connectivity index is 1.94. The standard InChI is InChI=1S/C17H11F3N4/c18-17(19,20)16-7-12(9-22-23-16)15-6-11-2-1-10(8-21)5-14(11)24(15)13-3-4-13/h1-2,5-7,9,13H,3-4H2. The summed E-state index contributed by atoms with van der Waals surface area (Å²) in [4.78, 5) is 0. The number of benzene rings is 1. The quantitative estimate of drug-likeness (QED) is 0.704. The number of nitrogens with zero attached hydrogens (tertiary/aromatic N) is 4. The van der Waals surface area contributed by atoms with Crippen molar-refractivity contribution in [3.63, 3.8) is 0 Å². The second-order valence-corrected chi connectivity index (χ2v) is 5.84. The molecule has 120 valence electrons. The predicted molar refractivity (Wildman–Crippen MR) is 81.0 cm³/mol. The second kappa shape index (κ2) is 5.06. The number of halogens is 3. The molecule has 4 rings (SSSR count). The molecular weight excluding hydrogens is 317 g/mol. The Bertz CT molecular complexity index is 978. The molecule has 2 heterocycles. The molecule has 0 aliphatic heterocycles. The van der Waals surface area contributed by atoms with E-state index in [1.165, 1.54) is 6.20 Å². The summed E-state index contributed by atoms with van der Waals surface area (Å²) in [5, 5.41) is 16.7. The van der Waals surface area contributed by atoms with E-state index in [-0.39, 0.29) is 6.04 Å². The summed E-state index contributed by atoms with van der Waals surface area (Å²) < 4.78 is 40.7. The van der Waals surface area contributed by atoms with Crippen molar-refractivity contribution < 1.29 is 13.2 Å². The maximum Gasteiger partial charge on any atom is 0.435 e. The monoisotopic (exact) mass is 328 g/mol. The molecule has 1 fully saturated rings. The highest BCUT2D eigenvalue weighted by Gasteiger charge is 2.34. The lowest BCUT2D eigenvalue weighted by atomic mass is 10.1. The molecule has 1 saturated carbocycles. The van der Waals surface area contributed by atoms with Gasteiger partial charge in [-0.15, -0.1) is 5.10 Å². The molecule has 3 aromatic rings. The number of hydrogen-bond donors (Lipinski definition) is 0. The average Bonchev–Trinajstić information content (AvgIpc) is 3.33. The van der Waals surface area contributed by atoms with E-state index in [0.29, 0.717) is 16.8 Å². The molecule has 0 radical (unpaired) electrons. The van der Waals surface area contributed by atoms with E-state index in [2.05, 4.69) is 16.3 Å². The highest BCUT2D eigenvalue weighted by atomic mass is 19.4. The van der Waals surface area contributed by atoms with Crippen LogP contribution < -0.4 is 0 Å². The van der Waals surface area contributed by atoms with Gasteiger partial charge in [0.1, 0.15) is 0 Å². The van der Waals surface area contributed by atoms with Crippen molar-refractivity contribution in [2.45, 2.75) is 25.1 Å². The first-order valence-electron chi connectivity index (χ1n) is 7.43. The minimum Gasteiger partial charge on any atom is -0.337 e. The summed E-state index contributed by atoms with van der Waals surface area (Å²) in [6.07, 6.45) is -1.25. The fourth-order valence-electron chi connectivity index (χ4n) is 2.88. The molecule has 0 spiro atoms. The molecular formula is C17H11F3N4. The molecule has 0 N–H and O–H groups in total. The van der Waals surface area contributed by atoms with Crippen LogP contribution in [0.3, 0.4) is 0 Å². The van der Waals surface area contributed by atoms with Crippen LogP contribution in [0.15, 0.2) is 36.5 Å². The molecule has 24 heavy (non-hydrogen) atoms. The Labute approximate surface area is 135 Å². The molecule has 1 aromatic carbocycles. The minimum atomic E-state index is -4.53. The number of fused-ring (bicyclic) bond motifs is 1. The van der Waals surface area contributed by atoms with Crippen LogP contribution in [0.4, 0.5) is 13.2 Å². The lowest BCUT2D eigenvalue weighted by molar-refractivity contribution is -0.141. The number of aromatic nitrogens is 3. The Kier molecular flexibility index (Phi) is 3.10. The van der Waals surface area contributed by atoms with E-state index < -0.39 is 11.9 Å². The molecule has 1 aliphatic carbocycles. The summed E-state index contributed by atoms with van der Waals surface area (Å²) in [7, 11) is 0. The Morgan fingerprint density at radius 3 is 2.62 bits per heavy atom. The van der Waals surface area contributed by atoms with Crippen molar-refractivity contribution in [3.8, 4) is 17.3 Å². The Morgan fingerprint density at radius 2 is 1.96 bits per heavy atom. The van der Waals surface area contributed by atoms with E-state index >= 15 is 0 Å². The van der Waals surface area contributed by atoms with Gasteiger partial charge in [-0.2, -0.15) is 23.5 Å². The maximum absolute atomic E-state index is 12.9. The molecule has 1 aliphatic rings. The number of hydrogen-bond acceptors (Lipinski definition) is 3. The number of rotatable bonds is 2. The average molecular weight is 328 g/mol. The molecule has 0 bridgehead atoms. The number of alkyl halides is 3. The first-order valence-corrected chi connectivity index (χ1v) is 7.43. The van der Waals surface area contributed by atoms with Gasteiger partial charge in [0.15, 0.2) is 5.69 Å². The highest BCUT2D eigenvalue weighted by molar-refractivity contribution is 5.88. The van der Waals surface area contributed by atoms with Crippen LogP contribution >= 0.6 is 0 Å². The summed E-state index contributed by atoms with van der Waals surface area (Å²) in [5.41, 5.74) is 1.42.